The Balaban J connectivity index is 1.81. The van der Waals surface area contributed by atoms with Gasteiger partial charge in [-0.25, -0.2) is 13.1 Å². The molecule has 26 heavy (non-hydrogen) atoms. The molecular formula is C20H24N2O3S. The SMILES string of the molecule is CC(C)NS(=O)(=O)c1cccc(C(=O)N[C@H]2CCCc3ccccc32)c1. The summed E-state index contributed by atoms with van der Waals surface area (Å²) in [5, 5.41) is 3.06. The fourth-order valence-electron chi connectivity index (χ4n) is 3.33. The number of hydrogen-bond donors (Lipinski definition) is 2. The number of amides is 1. The minimum absolute atomic E-state index is 0.0403. The summed E-state index contributed by atoms with van der Waals surface area (Å²) in [4.78, 5) is 12.8. The van der Waals surface area contributed by atoms with Crippen LogP contribution in [-0.2, 0) is 16.4 Å². The minimum atomic E-state index is -3.63. The molecule has 0 aromatic heterocycles. The van der Waals surface area contributed by atoms with E-state index in [1.807, 2.05) is 18.2 Å². The van der Waals surface area contributed by atoms with Crippen LogP contribution in [0.5, 0.6) is 0 Å². The van der Waals surface area contributed by atoms with Gasteiger partial charge in [0.2, 0.25) is 10.0 Å². The Morgan fingerprint density at radius 2 is 1.88 bits per heavy atom. The van der Waals surface area contributed by atoms with Crippen molar-refractivity contribution in [3.05, 3.63) is 65.2 Å². The molecule has 5 nitrogen and oxygen atoms in total. The van der Waals surface area contributed by atoms with E-state index >= 15 is 0 Å². The van der Waals surface area contributed by atoms with Gasteiger partial charge >= 0.3 is 0 Å². The number of sulfonamides is 1. The normalized spacial score (nSPS) is 17.0. The van der Waals surface area contributed by atoms with Gasteiger partial charge in [-0.3, -0.25) is 4.79 Å². The van der Waals surface area contributed by atoms with Crippen molar-refractivity contribution in [1.82, 2.24) is 10.0 Å². The molecule has 0 fully saturated rings. The predicted molar refractivity (Wildman–Crippen MR) is 101 cm³/mol. The first-order valence-electron chi connectivity index (χ1n) is 8.88. The molecule has 0 saturated heterocycles. The van der Waals surface area contributed by atoms with Crippen molar-refractivity contribution in [2.75, 3.05) is 0 Å². The van der Waals surface area contributed by atoms with Crippen LogP contribution in [0.3, 0.4) is 0 Å². The van der Waals surface area contributed by atoms with E-state index in [1.165, 1.54) is 17.7 Å². The number of hydrogen-bond acceptors (Lipinski definition) is 3. The lowest BCUT2D eigenvalue weighted by Crippen LogP contribution is -2.32. The zero-order valence-corrected chi connectivity index (χ0v) is 15.8. The summed E-state index contributed by atoms with van der Waals surface area (Å²) in [6.45, 7) is 3.52. The van der Waals surface area contributed by atoms with Crippen molar-refractivity contribution in [1.29, 1.82) is 0 Å². The molecule has 0 heterocycles. The lowest BCUT2D eigenvalue weighted by molar-refractivity contribution is 0.0932. The van der Waals surface area contributed by atoms with Gasteiger partial charge < -0.3 is 5.32 Å². The predicted octanol–water partition coefficient (Wildman–Crippen LogP) is 3.18. The van der Waals surface area contributed by atoms with Crippen LogP contribution in [0.1, 0.15) is 54.2 Å². The molecule has 1 aliphatic carbocycles. The second-order valence-corrected chi connectivity index (χ2v) is 8.63. The van der Waals surface area contributed by atoms with Gasteiger partial charge in [-0.15, -0.1) is 0 Å². The molecule has 2 aromatic rings. The standard InChI is InChI=1S/C20H24N2O3S/c1-14(2)22-26(24,25)17-10-5-9-16(13-17)20(23)21-19-12-6-8-15-7-3-4-11-18(15)19/h3-5,7,9-11,13-14,19,22H,6,8,12H2,1-2H3,(H,21,23)/t19-/m0/s1. The quantitative estimate of drug-likeness (QED) is 0.846. The Morgan fingerprint density at radius 3 is 2.65 bits per heavy atom. The van der Waals surface area contributed by atoms with E-state index in [-0.39, 0.29) is 22.9 Å². The second-order valence-electron chi connectivity index (χ2n) is 6.92. The molecule has 2 aromatic carbocycles. The van der Waals surface area contributed by atoms with E-state index in [2.05, 4.69) is 16.1 Å². The van der Waals surface area contributed by atoms with Gasteiger partial charge in [-0.05, 0) is 62.4 Å². The highest BCUT2D eigenvalue weighted by Gasteiger charge is 2.23. The Bertz CT molecular complexity index is 907. The molecule has 0 saturated carbocycles. The first-order chi connectivity index (χ1) is 12.4. The Kier molecular flexibility index (Phi) is 5.44. The van der Waals surface area contributed by atoms with E-state index < -0.39 is 10.0 Å². The van der Waals surface area contributed by atoms with Gasteiger partial charge in [-0.2, -0.15) is 0 Å². The van der Waals surface area contributed by atoms with E-state index in [0.717, 1.165) is 24.8 Å². The minimum Gasteiger partial charge on any atom is -0.345 e. The van der Waals surface area contributed by atoms with Crippen LogP contribution in [0.2, 0.25) is 0 Å². The molecule has 0 bridgehead atoms. The van der Waals surface area contributed by atoms with Gasteiger partial charge in [0.1, 0.15) is 0 Å². The molecule has 0 unspecified atom stereocenters. The third-order valence-corrected chi connectivity index (χ3v) is 6.13. The Labute approximate surface area is 154 Å². The lowest BCUT2D eigenvalue weighted by atomic mass is 9.87. The number of carbonyl (C=O) groups excluding carboxylic acids is 1. The zero-order valence-electron chi connectivity index (χ0n) is 15.0. The van der Waals surface area contributed by atoms with Crippen LogP contribution < -0.4 is 10.0 Å². The molecule has 1 amide bonds. The van der Waals surface area contributed by atoms with Gasteiger partial charge in [0.25, 0.3) is 5.91 Å². The number of rotatable bonds is 5. The molecular weight excluding hydrogens is 348 g/mol. The highest BCUT2D eigenvalue weighted by Crippen LogP contribution is 2.29. The van der Waals surface area contributed by atoms with E-state index in [0.29, 0.717) is 5.56 Å². The summed E-state index contributed by atoms with van der Waals surface area (Å²) < 4.78 is 27.2. The molecule has 0 radical (unpaired) electrons. The first-order valence-corrected chi connectivity index (χ1v) is 10.4. The van der Waals surface area contributed by atoms with Gasteiger partial charge in [-0.1, -0.05) is 30.3 Å². The third kappa shape index (κ3) is 4.14. The van der Waals surface area contributed by atoms with Crippen molar-refractivity contribution in [3.63, 3.8) is 0 Å². The van der Waals surface area contributed by atoms with Crippen molar-refractivity contribution in [3.8, 4) is 0 Å². The molecule has 0 aliphatic heterocycles. The van der Waals surface area contributed by atoms with E-state index in [4.69, 9.17) is 0 Å². The van der Waals surface area contributed by atoms with Crippen LogP contribution in [-0.4, -0.2) is 20.4 Å². The fourth-order valence-corrected chi connectivity index (χ4v) is 4.62. The average molecular weight is 372 g/mol. The highest BCUT2D eigenvalue weighted by atomic mass is 32.2. The highest BCUT2D eigenvalue weighted by molar-refractivity contribution is 7.89. The summed E-state index contributed by atoms with van der Waals surface area (Å²) in [5.41, 5.74) is 2.76. The van der Waals surface area contributed by atoms with E-state index in [9.17, 15) is 13.2 Å². The Hall–Kier alpha value is -2.18. The van der Waals surface area contributed by atoms with Crippen LogP contribution in [0.4, 0.5) is 0 Å². The topological polar surface area (TPSA) is 75.3 Å². The van der Waals surface area contributed by atoms with Gasteiger partial charge in [0, 0.05) is 11.6 Å². The van der Waals surface area contributed by atoms with Crippen molar-refractivity contribution < 1.29 is 13.2 Å². The molecule has 6 heteroatoms. The molecule has 3 rings (SSSR count). The van der Waals surface area contributed by atoms with Crippen LogP contribution >= 0.6 is 0 Å². The number of nitrogens with one attached hydrogen (secondary N) is 2. The summed E-state index contributed by atoms with van der Waals surface area (Å²) in [6.07, 6.45) is 2.93. The van der Waals surface area contributed by atoms with Gasteiger partial charge in [0.15, 0.2) is 0 Å². The van der Waals surface area contributed by atoms with E-state index in [1.54, 1.807) is 26.0 Å². The smallest absolute Gasteiger partial charge is 0.251 e. The average Bonchev–Trinajstić information content (AvgIpc) is 2.61. The van der Waals surface area contributed by atoms with Crippen LogP contribution in [0.25, 0.3) is 0 Å². The number of carbonyl (C=O) groups is 1. The molecule has 1 aliphatic rings. The fraction of sp³-hybridized carbons (Fsp3) is 0.350. The summed E-state index contributed by atoms with van der Waals surface area (Å²) >= 11 is 0. The monoisotopic (exact) mass is 372 g/mol. The number of aryl methyl sites for hydroxylation is 1. The maximum atomic E-state index is 12.7. The van der Waals surface area contributed by atoms with Crippen LogP contribution in [0, 0.1) is 0 Å². The van der Waals surface area contributed by atoms with Crippen molar-refractivity contribution in [2.24, 2.45) is 0 Å². The largest absolute Gasteiger partial charge is 0.345 e. The van der Waals surface area contributed by atoms with Crippen molar-refractivity contribution in [2.45, 2.75) is 50.1 Å². The molecule has 2 N–H and O–H groups in total. The molecule has 1 atom stereocenters. The maximum absolute atomic E-state index is 12.7. The third-order valence-electron chi connectivity index (χ3n) is 4.47. The number of fused-ring (bicyclic) bond motifs is 1. The molecule has 0 spiro atoms. The summed E-state index contributed by atoms with van der Waals surface area (Å²) in [6, 6.07) is 14.0. The summed E-state index contributed by atoms with van der Waals surface area (Å²) in [5.74, 6) is -0.256. The Morgan fingerprint density at radius 1 is 1.12 bits per heavy atom. The lowest BCUT2D eigenvalue weighted by Gasteiger charge is -2.26. The maximum Gasteiger partial charge on any atom is 0.251 e. The summed E-state index contributed by atoms with van der Waals surface area (Å²) in [7, 11) is -3.63. The van der Waals surface area contributed by atoms with Gasteiger partial charge in [0.05, 0.1) is 10.9 Å². The zero-order chi connectivity index (χ0) is 18.7. The van der Waals surface area contributed by atoms with Crippen molar-refractivity contribution >= 4 is 15.9 Å². The first kappa shape index (κ1) is 18.6. The van der Waals surface area contributed by atoms with Crippen LogP contribution in [0.15, 0.2) is 53.4 Å². The molecule has 138 valence electrons. The second kappa shape index (κ2) is 7.60. The number of benzene rings is 2.